The van der Waals surface area contributed by atoms with E-state index in [0.717, 1.165) is 16.6 Å². The zero-order valence-electron chi connectivity index (χ0n) is 22.9. The van der Waals surface area contributed by atoms with Crippen LogP contribution in [0.5, 0.6) is 0 Å². The maximum atomic E-state index is 3.89. The van der Waals surface area contributed by atoms with E-state index in [0.29, 0.717) is 16.6 Å². The van der Waals surface area contributed by atoms with E-state index in [4.69, 9.17) is 0 Å². The predicted octanol–water partition coefficient (Wildman–Crippen LogP) is 9.30. The van der Waals surface area contributed by atoms with Gasteiger partial charge in [-0.3, -0.25) is 0 Å². The molecular formula is C30H48Si2. The Morgan fingerprint density at radius 2 is 0.969 bits per heavy atom. The molecular weight excluding hydrogens is 417 g/mol. The Balaban J connectivity index is 2.58. The molecule has 0 unspecified atom stereocenters. The van der Waals surface area contributed by atoms with Gasteiger partial charge in [0, 0.05) is 5.56 Å². The van der Waals surface area contributed by atoms with Gasteiger partial charge in [-0.25, -0.2) is 0 Å². The van der Waals surface area contributed by atoms with Crippen LogP contribution in [-0.2, 0) is 0 Å². The lowest BCUT2D eigenvalue weighted by Gasteiger charge is -2.43. The van der Waals surface area contributed by atoms with Crippen LogP contribution in [0.1, 0.15) is 88.6 Å². The first kappa shape index (κ1) is 26.9. The molecule has 0 aromatic heterocycles. The molecule has 176 valence electrons. The number of benzene rings is 2. The highest BCUT2D eigenvalue weighted by atomic mass is 28.3. The van der Waals surface area contributed by atoms with Crippen LogP contribution >= 0.6 is 0 Å². The number of hydrogen-bond acceptors (Lipinski definition) is 0. The van der Waals surface area contributed by atoms with Gasteiger partial charge in [0.05, 0.1) is 8.07 Å². The highest BCUT2D eigenvalue weighted by Gasteiger charge is 2.44. The zero-order chi connectivity index (χ0) is 24.4. The molecule has 0 N–H and O–H groups in total. The molecule has 2 aromatic carbocycles. The summed E-state index contributed by atoms with van der Waals surface area (Å²) in [6, 6.07) is 14.2. The zero-order valence-corrected chi connectivity index (χ0v) is 24.9. The second kappa shape index (κ2) is 10.3. The van der Waals surface area contributed by atoms with Crippen molar-refractivity contribution < 1.29 is 0 Å². The summed E-state index contributed by atoms with van der Waals surface area (Å²) in [5.41, 5.74) is 9.24. The molecule has 0 saturated heterocycles. The Morgan fingerprint density at radius 1 is 0.531 bits per heavy atom. The van der Waals surface area contributed by atoms with E-state index in [-0.39, 0.29) is 0 Å². The molecule has 0 aliphatic rings. The van der Waals surface area contributed by atoms with Gasteiger partial charge in [0.2, 0.25) is 0 Å². The van der Waals surface area contributed by atoms with Gasteiger partial charge < -0.3 is 0 Å². The summed E-state index contributed by atoms with van der Waals surface area (Å²) in [6.07, 6.45) is 0. The van der Waals surface area contributed by atoms with Crippen LogP contribution in [0.15, 0.2) is 36.4 Å². The summed E-state index contributed by atoms with van der Waals surface area (Å²) < 4.78 is 0. The molecule has 0 nitrogen and oxygen atoms in total. The Morgan fingerprint density at radius 3 is 1.41 bits per heavy atom. The van der Waals surface area contributed by atoms with Gasteiger partial charge in [-0.15, -0.1) is 5.54 Å². The minimum Gasteiger partial charge on any atom is -0.125 e. The first-order valence-corrected chi connectivity index (χ1v) is 17.4. The van der Waals surface area contributed by atoms with Crippen molar-refractivity contribution in [3.05, 3.63) is 42.0 Å². The Hall–Kier alpha value is -1.31. The molecule has 32 heavy (non-hydrogen) atoms. The summed E-state index contributed by atoms with van der Waals surface area (Å²) in [4.78, 5) is 0. The highest BCUT2D eigenvalue weighted by molar-refractivity contribution is 6.95. The van der Waals surface area contributed by atoms with Crippen molar-refractivity contribution in [3.63, 3.8) is 0 Å². The van der Waals surface area contributed by atoms with Crippen LogP contribution in [0.3, 0.4) is 0 Å². The van der Waals surface area contributed by atoms with Crippen molar-refractivity contribution in [3.8, 4) is 11.5 Å². The van der Waals surface area contributed by atoms with Gasteiger partial charge >= 0.3 is 0 Å². The molecule has 0 aliphatic heterocycles. The second-order valence-corrected chi connectivity index (χ2v) is 23.3. The van der Waals surface area contributed by atoms with Crippen molar-refractivity contribution in [2.75, 3.05) is 0 Å². The van der Waals surface area contributed by atoms with Crippen LogP contribution in [0.25, 0.3) is 10.8 Å². The summed E-state index contributed by atoms with van der Waals surface area (Å²) in [7, 11) is -3.34. The van der Waals surface area contributed by atoms with E-state index in [1.807, 2.05) is 0 Å². The molecule has 2 heteroatoms. The van der Waals surface area contributed by atoms with Crippen molar-refractivity contribution >= 4 is 32.1 Å². The summed E-state index contributed by atoms with van der Waals surface area (Å²) >= 11 is 0. The third-order valence-corrected chi connectivity index (χ3v) is 21.8. The van der Waals surface area contributed by atoms with E-state index in [2.05, 4.69) is 131 Å². The quantitative estimate of drug-likeness (QED) is 0.283. The summed E-state index contributed by atoms with van der Waals surface area (Å²) in [5.74, 6) is 3.64. The Labute approximate surface area is 201 Å². The standard InChI is InChI=1S/C30H48Si2/c1-21(2)31(22(3)4,23(5)6)18-17-27-13-14-29-20-30(16-15-28(29)19-27)32(24(7)8,25(9)10)26(11)12/h13-16,19-26H,1-12H3. The van der Waals surface area contributed by atoms with Gasteiger partial charge in [-0.1, -0.05) is 118 Å². The van der Waals surface area contributed by atoms with E-state index < -0.39 is 16.1 Å². The topological polar surface area (TPSA) is 0 Å². The third-order valence-electron chi connectivity index (χ3n) is 8.50. The van der Waals surface area contributed by atoms with Crippen LogP contribution < -0.4 is 5.19 Å². The molecule has 0 atom stereocenters. The fourth-order valence-corrected chi connectivity index (χ4v) is 19.2. The van der Waals surface area contributed by atoms with E-state index in [9.17, 15) is 0 Å². The van der Waals surface area contributed by atoms with Crippen molar-refractivity contribution in [1.29, 1.82) is 0 Å². The van der Waals surface area contributed by atoms with Crippen LogP contribution in [0.4, 0.5) is 0 Å². The summed E-state index contributed by atoms with van der Waals surface area (Å²) in [5, 5.41) is 4.31. The van der Waals surface area contributed by atoms with Crippen LogP contribution in [-0.4, -0.2) is 16.1 Å². The lowest BCUT2D eigenvalue weighted by atomic mass is 10.1. The van der Waals surface area contributed by atoms with Gasteiger partial charge in [0.25, 0.3) is 0 Å². The maximum absolute atomic E-state index is 3.89. The predicted molar refractivity (Wildman–Crippen MR) is 153 cm³/mol. The molecule has 0 aliphatic carbocycles. The fraction of sp³-hybridized carbons (Fsp3) is 0.600. The molecule has 2 rings (SSSR count). The molecule has 0 radical (unpaired) electrons. The maximum Gasteiger partial charge on any atom is 0.146 e. The average Bonchev–Trinajstić information content (AvgIpc) is 2.67. The lowest BCUT2D eigenvalue weighted by Crippen LogP contribution is -2.55. The highest BCUT2D eigenvalue weighted by Crippen LogP contribution is 2.42. The van der Waals surface area contributed by atoms with Gasteiger partial charge in [-0.2, -0.15) is 0 Å². The monoisotopic (exact) mass is 464 g/mol. The number of fused-ring (bicyclic) bond motifs is 1. The molecule has 2 aromatic rings. The molecule has 0 spiro atoms. The smallest absolute Gasteiger partial charge is 0.125 e. The third kappa shape index (κ3) is 4.66. The number of hydrogen-bond donors (Lipinski definition) is 0. The molecule has 0 fully saturated rings. The normalized spacial score (nSPS) is 13.2. The molecule has 0 heterocycles. The Kier molecular flexibility index (Phi) is 8.68. The Bertz CT molecular complexity index is 924. The first-order valence-electron chi connectivity index (χ1n) is 12.9. The largest absolute Gasteiger partial charge is 0.146 e. The first-order chi connectivity index (χ1) is 14.8. The SMILES string of the molecule is CC(C)[Si](C#Cc1ccc2cc([Si](C(C)C)(C(C)C)C(C)C)ccc2c1)(C(C)C)C(C)C. The van der Waals surface area contributed by atoms with Crippen LogP contribution in [0.2, 0.25) is 33.2 Å². The molecule has 0 saturated carbocycles. The van der Waals surface area contributed by atoms with Crippen molar-refractivity contribution in [1.82, 2.24) is 0 Å². The van der Waals surface area contributed by atoms with Gasteiger partial charge in [0.15, 0.2) is 0 Å². The minimum absolute atomic E-state index is 0.666. The minimum atomic E-state index is -1.71. The van der Waals surface area contributed by atoms with E-state index >= 15 is 0 Å². The van der Waals surface area contributed by atoms with Gasteiger partial charge in [0.1, 0.15) is 8.07 Å². The van der Waals surface area contributed by atoms with Gasteiger partial charge in [-0.05, 0) is 56.2 Å². The molecule has 0 bridgehead atoms. The summed E-state index contributed by atoms with van der Waals surface area (Å²) in [6.45, 7) is 29.0. The van der Waals surface area contributed by atoms with E-state index in [1.54, 1.807) is 5.19 Å². The second-order valence-electron chi connectivity index (χ2n) is 11.8. The van der Waals surface area contributed by atoms with Crippen molar-refractivity contribution in [2.45, 2.75) is 116 Å². The van der Waals surface area contributed by atoms with Crippen molar-refractivity contribution in [2.24, 2.45) is 0 Å². The lowest BCUT2D eigenvalue weighted by molar-refractivity contribution is 0.835. The number of rotatable bonds is 7. The van der Waals surface area contributed by atoms with E-state index in [1.165, 1.54) is 16.3 Å². The average molecular weight is 465 g/mol. The fourth-order valence-electron chi connectivity index (χ4n) is 7.21. The van der Waals surface area contributed by atoms with Crippen LogP contribution in [0, 0.1) is 11.5 Å². The molecule has 0 amide bonds.